The van der Waals surface area contributed by atoms with E-state index >= 15 is 0 Å². The highest BCUT2D eigenvalue weighted by Crippen LogP contribution is 2.21. The molecule has 3 rings (SSSR count). The molecule has 2 aromatic carbocycles. The third kappa shape index (κ3) is 4.22. The zero-order valence-corrected chi connectivity index (χ0v) is 16.0. The van der Waals surface area contributed by atoms with Gasteiger partial charge in [0.2, 0.25) is 0 Å². The molecule has 0 fully saturated rings. The Morgan fingerprint density at radius 1 is 1.19 bits per heavy atom. The van der Waals surface area contributed by atoms with E-state index in [1.165, 1.54) is 25.3 Å². The lowest BCUT2D eigenvalue weighted by atomic mass is 10.0. The number of nitrogens with zero attached hydrogens (tertiary/aromatic N) is 2. The van der Waals surface area contributed by atoms with Gasteiger partial charge >= 0.3 is 5.97 Å². The van der Waals surface area contributed by atoms with Crippen molar-refractivity contribution in [2.24, 2.45) is 4.99 Å². The quantitative estimate of drug-likeness (QED) is 0.511. The highest BCUT2D eigenvalue weighted by molar-refractivity contribution is 5.92. The fourth-order valence-electron chi connectivity index (χ4n) is 3.32. The molecular weight excluding hydrogens is 342 g/mol. The number of hydrogen-bond acceptors (Lipinski definition) is 4. The van der Waals surface area contributed by atoms with Gasteiger partial charge in [-0.3, -0.25) is 4.99 Å². The van der Waals surface area contributed by atoms with Gasteiger partial charge in [0, 0.05) is 26.7 Å². The van der Waals surface area contributed by atoms with E-state index in [-0.39, 0.29) is 0 Å². The van der Waals surface area contributed by atoms with E-state index in [4.69, 9.17) is 9.47 Å². The molecule has 0 atom stereocenters. The number of nitrogens with one attached hydrogen (secondary N) is 1. The Kier molecular flexibility index (Phi) is 5.96. The fraction of sp³-hybridized carbons (Fsp3) is 0.333. The molecule has 0 aromatic heterocycles. The molecular formula is C21H25N3O3. The van der Waals surface area contributed by atoms with E-state index in [9.17, 15) is 4.79 Å². The summed E-state index contributed by atoms with van der Waals surface area (Å²) in [5.41, 5.74) is 4.11. The molecule has 0 spiro atoms. The topological polar surface area (TPSA) is 63.2 Å². The third-order valence-electron chi connectivity index (χ3n) is 4.76. The summed E-state index contributed by atoms with van der Waals surface area (Å²) in [7, 11) is 4.69. The van der Waals surface area contributed by atoms with Crippen molar-refractivity contribution in [3.63, 3.8) is 0 Å². The first-order valence-corrected chi connectivity index (χ1v) is 8.94. The molecule has 0 bridgehead atoms. The summed E-state index contributed by atoms with van der Waals surface area (Å²) >= 11 is 0. The van der Waals surface area contributed by atoms with Gasteiger partial charge in [-0.05, 0) is 35.2 Å². The molecule has 1 heterocycles. The van der Waals surface area contributed by atoms with Gasteiger partial charge in [-0.25, -0.2) is 4.79 Å². The summed E-state index contributed by atoms with van der Waals surface area (Å²) < 4.78 is 10.1. The molecule has 2 aromatic rings. The van der Waals surface area contributed by atoms with Crippen LogP contribution in [-0.4, -0.2) is 44.6 Å². The Hall–Kier alpha value is -3.02. The Labute approximate surface area is 159 Å². The van der Waals surface area contributed by atoms with Crippen LogP contribution in [0.3, 0.4) is 0 Å². The second-order valence-corrected chi connectivity index (χ2v) is 6.37. The summed E-state index contributed by atoms with van der Waals surface area (Å²) in [5, 5.41) is 3.39. The van der Waals surface area contributed by atoms with Crippen molar-refractivity contribution in [1.29, 1.82) is 0 Å². The number of carbonyl (C=O) groups excluding carboxylic acids is 1. The number of ether oxygens (including phenoxy) is 2. The van der Waals surface area contributed by atoms with Crippen molar-refractivity contribution < 1.29 is 14.3 Å². The van der Waals surface area contributed by atoms with Crippen molar-refractivity contribution in [2.75, 3.05) is 27.8 Å². The maximum atomic E-state index is 11.9. The number of aliphatic imine (C=N–C) groups is 1. The normalized spacial score (nSPS) is 13.7. The summed E-state index contributed by atoms with van der Waals surface area (Å²) in [5.74, 6) is 0.938. The van der Waals surface area contributed by atoms with Gasteiger partial charge < -0.3 is 19.7 Å². The summed E-state index contributed by atoms with van der Waals surface area (Å²) in [6.07, 6.45) is 1.01. The van der Waals surface area contributed by atoms with Crippen LogP contribution in [0.15, 0.2) is 47.5 Å². The molecule has 1 aliphatic rings. The Morgan fingerprint density at radius 2 is 1.96 bits per heavy atom. The first kappa shape index (κ1) is 18.8. The van der Waals surface area contributed by atoms with Gasteiger partial charge in [-0.15, -0.1) is 0 Å². The average Bonchev–Trinajstić information content (AvgIpc) is 2.73. The van der Waals surface area contributed by atoms with Crippen molar-refractivity contribution in [2.45, 2.75) is 19.5 Å². The molecule has 0 saturated heterocycles. The number of rotatable bonds is 4. The molecule has 0 amide bonds. The van der Waals surface area contributed by atoms with Crippen LogP contribution in [0.1, 0.15) is 27.0 Å². The molecule has 0 unspecified atom stereocenters. The van der Waals surface area contributed by atoms with E-state index in [2.05, 4.69) is 39.5 Å². The number of esters is 1. The van der Waals surface area contributed by atoms with E-state index in [1.807, 2.05) is 6.07 Å². The number of carbonyl (C=O) groups is 1. The minimum absolute atomic E-state index is 0.411. The molecule has 27 heavy (non-hydrogen) atoms. The maximum absolute atomic E-state index is 11.9. The van der Waals surface area contributed by atoms with Crippen molar-refractivity contribution >= 4 is 11.9 Å². The number of hydrogen-bond donors (Lipinski definition) is 1. The predicted octanol–water partition coefficient (Wildman–Crippen LogP) is 2.62. The molecule has 1 N–H and O–H groups in total. The molecule has 0 radical (unpaired) electrons. The number of fused-ring (bicyclic) bond motifs is 1. The van der Waals surface area contributed by atoms with E-state index in [1.54, 1.807) is 19.2 Å². The van der Waals surface area contributed by atoms with Gasteiger partial charge in [0.1, 0.15) is 11.3 Å². The molecule has 6 nitrogen and oxygen atoms in total. The van der Waals surface area contributed by atoms with Crippen LogP contribution in [0.2, 0.25) is 0 Å². The largest absolute Gasteiger partial charge is 0.496 e. The van der Waals surface area contributed by atoms with Crippen molar-refractivity contribution in [1.82, 2.24) is 10.2 Å². The van der Waals surface area contributed by atoms with Crippen LogP contribution in [-0.2, 0) is 24.2 Å². The van der Waals surface area contributed by atoms with Gasteiger partial charge in [0.15, 0.2) is 5.96 Å². The Balaban J connectivity index is 1.69. The molecule has 1 aliphatic heterocycles. The zero-order valence-electron chi connectivity index (χ0n) is 16.0. The second kappa shape index (κ2) is 8.58. The van der Waals surface area contributed by atoms with Crippen LogP contribution >= 0.6 is 0 Å². The van der Waals surface area contributed by atoms with E-state index in [0.29, 0.717) is 17.9 Å². The highest BCUT2D eigenvalue weighted by Gasteiger charge is 2.19. The lowest BCUT2D eigenvalue weighted by Gasteiger charge is -2.31. The molecule has 142 valence electrons. The minimum atomic E-state index is -0.411. The standard InChI is InChI=1S/C21H25N3O3/c1-22-21(24-11-10-16-6-4-5-7-17(16)14-24)23-13-15-8-9-19(26-2)18(12-15)20(25)27-3/h4-9,12H,10-11,13-14H2,1-3H3,(H,22,23). The molecule has 0 saturated carbocycles. The second-order valence-electron chi connectivity index (χ2n) is 6.37. The van der Waals surface area contributed by atoms with Gasteiger partial charge in [-0.2, -0.15) is 0 Å². The number of guanidine groups is 1. The summed E-state index contributed by atoms with van der Waals surface area (Å²) in [4.78, 5) is 18.6. The maximum Gasteiger partial charge on any atom is 0.341 e. The lowest BCUT2D eigenvalue weighted by molar-refractivity contribution is 0.0597. The van der Waals surface area contributed by atoms with Crippen LogP contribution < -0.4 is 10.1 Å². The Bertz CT molecular complexity index is 848. The minimum Gasteiger partial charge on any atom is -0.496 e. The third-order valence-corrected chi connectivity index (χ3v) is 4.76. The zero-order chi connectivity index (χ0) is 19.2. The van der Waals surface area contributed by atoms with Gasteiger partial charge in [0.05, 0.1) is 14.2 Å². The summed E-state index contributed by atoms with van der Waals surface area (Å²) in [6, 6.07) is 14.0. The van der Waals surface area contributed by atoms with E-state index in [0.717, 1.165) is 31.0 Å². The highest BCUT2D eigenvalue weighted by atomic mass is 16.5. The smallest absolute Gasteiger partial charge is 0.341 e. The SMILES string of the molecule is CN=C(NCc1ccc(OC)c(C(=O)OC)c1)N1CCc2ccccc2C1. The number of benzene rings is 2. The van der Waals surface area contributed by atoms with Gasteiger partial charge in [0.25, 0.3) is 0 Å². The fourth-order valence-corrected chi connectivity index (χ4v) is 3.32. The van der Waals surface area contributed by atoms with Crippen LogP contribution in [0, 0.1) is 0 Å². The number of methoxy groups -OCH3 is 2. The lowest BCUT2D eigenvalue weighted by Crippen LogP contribution is -2.43. The first-order valence-electron chi connectivity index (χ1n) is 8.94. The monoisotopic (exact) mass is 367 g/mol. The average molecular weight is 367 g/mol. The Morgan fingerprint density at radius 3 is 2.67 bits per heavy atom. The molecule has 6 heteroatoms. The van der Waals surface area contributed by atoms with Crippen molar-refractivity contribution in [3.8, 4) is 5.75 Å². The van der Waals surface area contributed by atoms with Crippen LogP contribution in [0.4, 0.5) is 0 Å². The first-order chi connectivity index (χ1) is 13.2. The van der Waals surface area contributed by atoms with Crippen molar-refractivity contribution in [3.05, 3.63) is 64.7 Å². The predicted molar refractivity (Wildman–Crippen MR) is 105 cm³/mol. The van der Waals surface area contributed by atoms with Crippen LogP contribution in [0.25, 0.3) is 0 Å². The van der Waals surface area contributed by atoms with Gasteiger partial charge in [-0.1, -0.05) is 30.3 Å². The van der Waals surface area contributed by atoms with E-state index < -0.39 is 5.97 Å². The summed E-state index contributed by atoms with van der Waals surface area (Å²) in [6.45, 7) is 2.32. The molecule has 0 aliphatic carbocycles. The van der Waals surface area contributed by atoms with Crippen LogP contribution in [0.5, 0.6) is 5.75 Å².